The monoisotopic (exact) mass is 343 g/mol. The van der Waals surface area contributed by atoms with Crippen LogP contribution < -0.4 is 4.90 Å². The van der Waals surface area contributed by atoms with E-state index in [0.29, 0.717) is 0 Å². The van der Waals surface area contributed by atoms with Crippen LogP contribution in [0.3, 0.4) is 0 Å². The largest absolute Gasteiger partial charge is 0.373 e. The first-order valence-corrected chi connectivity index (χ1v) is 8.16. The van der Waals surface area contributed by atoms with Gasteiger partial charge in [-0.15, -0.1) is 11.3 Å². The Labute approximate surface area is 126 Å². The lowest BCUT2D eigenvalue weighted by atomic mass is 10.2. The van der Waals surface area contributed by atoms with E-state index >= 15 is 0 Å². The molecule has 4 heteroatoms. The molecule has 0 radical (unpaired) electrons. The molecule has 0 saturated heterocycles. The normalized spacial score (nSPS) is 10.6. The van der Waals surface area contributed by atoms with Gasteiger partial charge in [0.15, 0.2) is 0 Å². The molecule has 2 aromatic rings. The van der Waals surface area contributed by atoms with E-state index in [0.717, 1.165) is 29.0 Å². The fourth-order valence-electron chi connectivity index (χ4n) is 1.80. The molecule has 0 saturated carbocycles. The molecule has 0 spiro atoms. The van der Waals surface area contributed by atoms with Crippen LogP contribution in [0, 0.1) is 0 Å². The van der Waals surface area contributed by atoms with Gasteiger partial charge < -0.3 is 4.90 Å². The number of halogens is 2. The van der Waals surface area contributed by atoms with E-state index < -0.39 is 0 Å². The van der Waals surface area contributed by atoms with Crippen LogP contribution in [0.5, 0.6) is 0 Å². The number of anilines is 1. The maximum atomic E-state index is 6.30. The molecule has 1 aromatic heterocycles. The zero-order valence-electron chi connectivity index (χ0n) is 10.2. The van der Waals surface area contributed by atoms with Crippen molar-refractivity contribution in [3.8, 4) is 0 Å². The minimum atomic E-state index is 0.820. The SMILES string of the molecule is CN(CCc1cccs1)c1ccc(CBr)cc1Cl. The van der Waals surface area contributed by atoms with Gasteiger partial charge in [0.05, 0.1) is 10.7 Å². The highest BCUT2D eigenvalue weighted by Crippen LogP contribution is 2.27. The molecule has 2 rings (SSSR count). The van der Waals surface area contributed by atoms with Crippen LogP contribution >= 0.6 is 38.9 Å². The van der Waals surface area contributed by atoms with E-state index in [2.05, 4.69) is 57.5 Å². The Balaban J connectivity index is 2.02. The molecule has 0 fully saturated rings. The standard InChI is InChI=1S/C14H15BrClNS/c1-17(7-6-12-3-2-8-18-12)14-5-4-11(10-15)9-13(14)16/h2-5,8-9H,6-7,10H2,1H3. The van der Waals surface area contributed by atoms with Gasteiger partial charge >= 0.3 is 0 Å². The lowest BCUT2D eigenvalue weighted by Gasteiger charge is -2.20. The molecule has 0 aliphatic carbocycles. The van der Waals surface area contributed by atoms with Crippen molar-refractivity contribution in [2.24, 2.45) is 0 Å². The number of likely N-dealkylation sites (N-methyl/N-ethyl adjacent to an activating group) is 1. The van der Waals surface area contributed by atoms with Crippen LogP contribution in [0.25, 0.3) is 0 Å². The Morgan fingerprint density at radius 2 is 2.17 bits per heavy atom. The van der Waals surface area contributed by atoms with Crippen molar-refractivity contribution in [3.05, 3.63) is 51.2 Å². The van der Waals surface area contributed by atoms with Gasteiger partial charge in [-0.05, 0) is 35.6 Å². The lowest BCUT2D eigenvalue weighted by molar-refractivity contribution is 0.887. The Kier molecular flexibility index (Phi) is 5.10. The average Bonchev–Trinajstić information content (AvgIpc) is 2.88. The summed E-state index contributed by atoms with van der Waals surface area (Å²) in [5, 5.41) is 3.78. The third-order valence-corrected chi connectivity index (χ3v) is 4.74. The highest BCUT2D eigenvalue weighted by atomic mass is 79.9. The van der Waals surface area contributed by atoms with E-state index in [4.69, 9.17) is 11.6 Å². The van der Waals surface area contributed by atoms with E-state index in [1.54, 1.807) is 11.3 Å². The predicted octanol–water partition coefficient (Wildman–Crippen LogP) is 4.98. The third-order valence-electron chi connectivity index (χ3n) is 2.85. The van der Waals surface area contributed by atoms with Crippen LogP contribution in [0.2, 0.25) is 5.02 Å². The molecule has 0 aliphatic heterocycles. The Morgan fingerprint density at radius 1 is 1.33 bits per heavy atom. The van der Waals surface area contributed by atoms with E-state index in [1.807, 2.05) is 6.07 Å². The van der Waals surface area contributed by atoms with Crippen LogP contribution in [-0.4, -0.2) is 13.6 Å². The van der Waals surface area contributed by atoms with Crippen molar-refractivity contribution in [2.45, 2.75) is 11.8 Å². The molecule has 1 heterocycles. The van der Waals surface area contributed by atoms with Gasteiger partial charge in [0.1, 0.15) is 0 Å². The summed E-state index contributed by atoms with van der Waals surface area (Å²) in [6, 6.07) is 10.5. The fraction of sp³-hybridized carbons (Fsp3) is 0.286. The van der Waals surface area contributed by atoms with Crippen molar-refractivity contribution in [1.82, 2.24) is 0 Å². The van der Waals surface area contributed by atoms with Crippen LogP contribution in [0.15, 0.2) is 35.7 Å². The predicted molar refractivity (Wildman–Crippen MR) is 85.4 cm³/mol. The number of nitrogens with zero attached hydrogens (tertiary/aromatic N) is 1. The number of benzene rings is 1. The lowest BCUT2D eigenvalue weighted by Crippen LogP contribution is -2.20. The van der Waals surface area contributed by atoms with Crippen molar-refractivity contribution in [3.63, 3.8) is 0 Å². The highest BCUT2D eigenvalue weighted by Gasteiger charge is 2.07. The minimum absolute atomic E-state index is 0.820. The summed E-state index contributed by atoms with van der Waals surface area (Å²) in [6.07, 6.45) is 1.06. The van der Waals surface area contributed by atoms with Crippen LogP contribution in [0.1, 0.15) is 10.4 Å². The molecule has 0 bridgehead atoms. The summed E-state index contributed by atoms with van der Waals surface area (Å²) in [4.78, 5) is 3.62. The minimum Gasteiger partial charge on any atom is -0.373 e. The third kappa shape index (κ3) is 3.50. The number of thiophene rings is 1. The molecule has 0 unspecified atom stereocenters. The summed E-state index contributed by atoms with van der Waals surface area (Å²) in [7, 11) is 2.09. The second-order valence-corrected chi connectivity index (χ2v) is 6.17. The Morgan fingerprint density at radius 3 is 2.78 bits per heavy atom. The number of hydrogen-bond donors (Lipinski definition) is 0. The molecule has 0 aliphatic rings. The van der Waals surface area contributed by atoms with Gasteiger partial charge in [-0.2, -0.15) is 0 Å². The summed E-state index contributed by atoms with van der Waals surface area (Å²) >= 11 is 11.5. The molecular weight excluding hydrogens is 330 g/mol. The summed E-state index contributed by atoms with van der Waals surface area (Å²) in [6.45, 7) is 0.980. The molecule has 0 N–H and O–H groups in total. The smallest absolute Gasteiger partial charge is 0.0642 e. The van der Waals surface area contributed by atoms with Crippen molar-refractivity contribution < 1.29 is 0 Å². The highest BCUT2D eigenvalue weighted by molar-refractivity contribution is 9.08. The van der Waals surface area contributed by atoms with Gasteiger partial charge in [0.2, 0.25) is 0 Å². The van der Waals surface area contributed by atoms with Crippen molar-refractivity contribution >= 4 is 44.6 Å². The van der Waals surface area contributed by atoms with Gasteiger partial charge in [-0.1, -0.05) is 39.7 Å². The van der Waals surface area contributed by atoms with Crippen LogP contribution in [-0.2, 0) is 11.8 Å². The molecule has 18 heavy (non-hydrogen) atoms. The first-order valence-electron chi connectivity index (χ1n) is 5.78. The van der Waals surface area contributed by atoms with Crippen molar-refractivity contribution in [2.75, 3.05) is 18.5 Å². The first-order chi connectivity index (χ1) is 8.70. The second-order valence-electron chi connectivity index (χ2n) is 4.17. The van der Waals surface area contributed by atoms with Gasteiger partial charge in [0.25, 0.3) is 0 Å². The van der Waals surface area contributed by atoms with Crippen molar-refractivity contribution in [1.29, 1.82) is 0 Å². The summed E-state index contributed by atoms with van der Waals surface area (Å²) < 4.78 is 0. The van der Waals surface area contributed by atoms with Crippen LogP contribution in [0.4, 0.5) is 5.69 Å². The molecule has 0 atom stereocenters. The van der Waals surface area contributed by atoms with Gasteiger partial charge in [-0.25, -0.2) is 0 Å². The van der Waals surface area contributed by atoms with E-state index in [9.17, 15) is 0 Å². The number of hydrogen-bond acceptors (Lipinski definition) is 2. The van der Waals surface area contributed by atoms with E-state index in [-0.39, 0.29) is 0 Å². The number of rotatable bonds is 5. The Hall–Kier alpha value is -0.510. The molecular formula is C14H15BrClNS. The second kappa shape index (κ2) is 6.60. The quantitative estimate of drug-likeness (QED) is 0.692. The first kappa shape index (κ1) is 13.9. The zero-order chi connectivity index (χ0) is 13.0. The summed E-state index contributed by atoms with van der Waals surface area (Å²) in [5.41, 5.74) is 2.30. The van der Waals surface area contributed by atoms with Gasteiger partial charge in [0, 0.05) is 23.8 Å². The zero-order valence-corrected chi connectivity index (χ0v) is 13.4. The molecule has 1 aromatic carbocycles. The Bertz CT molecular complexity index is 499. The average molecular weight is 345 g/mol. The van der Waals surface area contributed by atoms with Gasteiger partial charge in [-0.3, -0.25) is 0 Å². The van der Waals surface area contributed by atoms with E-state index in [1.165, 1.54) is 10.4 Å². The molecule has 0 amide bonds. The fourth-order valence-corrected chi connectivity index (χ4v) is 3.19. The maximum Gasteiger partial charge on any atom is 0.0642 e. The maximum absolute atomic E-state index is 6.30. The topological polar surface area (TPSA) is 3.24 Å². The molecule has 1 nitrogen and oxygen atoms in total. The molecule has 96 valence electrons. The number of alkyl halides is 1. The summed E-state index contributed by atoms with van der Waals surface area (Å²) in [5.74, 6) is 0.